The van der Waals surface area contributed by atoms with E-state index in [1.54, 1.807) is 28.8 Å². The number of amides is 1. The number of nitrogens with zero attached hydrogens (tertiary/aromatic N) is 5. The summed E-state index contributed by atoms with van der Waals surface area (Å²) >= 11 is 0. The average molecular weight is 524 g/mol. The molecule has 0 spiro atoms. The van der Waals surface area contributed by atoms with Crippen LogP contribution in [0.3, 0.4) is 0 Å². The van der Waals surface area contributed by atoms with E-state index >= 15 is 0 Å². The highest BCUT2D eigenvalue weighted by Gasteiger charge is 2.37. The lowest BCUT2D eigenvalue weighted by atomic mass is 10.0. The van der Waals surface area contributed by atoms with Crippen LogP contribution < -0.4 is 0 Å². The fourth-order valence-corrected chi connectivity index (χ4v) is 6.34. The summed E-state index contributed by atoms with van der Waals surface area (Å²) in [4.78, 5) is 20.1. The van der Waals surface area contributed by atoms with Crippen molar-refractivity contribution in [1.29, 1.82) is 0 Å². The van der Waals surface area contributed by atoms with E-state index in [2.05, 4.69) is 10.1 Å². The number of rotatable bonds is 5. The van der Waals surface area contributed by atoms with Gasteiger partial charge in [0.25, 0.3) is 11.8 Å². The van der Waals surface area contributed by atoms with Crippen LogP contribution >= 0.6 is 10.6 Å². The van der Waals surface area contributed by atoms with E-state index in [1.165, 1.54) is 0 Å². The number of ether oxygens (including phenoxy) is 2. The van der Waals surface area contributed by atoms with Crippen molar-refractivity contribution in [1.82, 2.24) is 24.8 Å². The first-order valence-corrected chi connectivity index (χ1v) is 13.4. The molecule has 0 unspecified atom stereocenters. The van der Waals surface area contributed by atoms with Gasteiger partial charge in [-0.25, -0.2) is 4.68 Å². The highest BCUT2D eigenvalue weighted by molar-refractivity contribution is 8.23. The molecule has 2 aliphatic heterocycles. The molecule has 37 heavy (non-hydrogen) atoms. The lowest BCUT2D eigenvalue weighted by Crippen LogP contribution is -2.41. The lowest BCUT2D eigenvalue weighted by Gasteiger charge is -2.38. The smallest absolute Gasteiger partial charge is 0.274 e. The van der Waals surface area contributed by atoms with Gasteiger partial charge in [-0.1, -0.05) is 29.4 Å². The van der Waals surface area contributed by atoms with Crippen LogP contribution in [0.1, 0.15) is 21.9 Å². The molecule has 11 nitrogen and oxygen atoms in total. The van der Waals surface area contributed by atoms with Gasteiger partial charge >= 0.3 is 0 Å². The number of methoxy groups -OCH3 is 1. The minimum atomic E-state index is -3.16. The molecule has 0 saturated carbocycles. The normalized spacial score (nSPS) is 17.2. The van der Waals surface area contributed by atoms with Crippen LogP contribution in [0.25, 0.3) is 28.4 Å². The van der Waals surface area contributed by atoms with Crippen LogP contribution in [0.15, 0.2) is 57.9 Å². The third-order valence-electron chi connectivity index (χ3n) is 6.40. The van der Waals surface area contributed by atoms with Gasteiger partial charge in [0, 0.05) is 36.9 Å². The SMILES string of the molecule is COCc1noc(-c2cccc(-n3nc(C(=O)N4CCOCC4)c4c3-c3ccccc3S(O)(O)C4)c2)n1. The van der Waals surface area contributed by atoms with Crippen molar-refractivity contribution in [2.24, 2.45) is 0 Å². The maximum atomic E-state index is 13.6. The molecule has 0 bridgehead atoms. The van der Waals surface area contributed by atoms with E-state index in [4.69, 9.17) is 19.1 Å². The Bertz CT molecular complexity index is 1480. The Morgan fingerprint density at radius 2 is 1.95 bits per heavy atom. The molecule has 1 fully saturated rings. The lowest BCUT2D eigenvalue weighted by molar-refractivity contribution is 0.0298. The first-order valence-electron chi connectivity index (χ1n) is 11.7. The minimum Gasteiger partial charge on any atom is -0.378 e. The molecule has 0 atom stereocenters. The first-order chi connectivity index (χ1) is 18.0. The molecular formula is C25H25N5O6S. The number of carbonyl (C=O) groups is 1. The van der Waals surface area contributed by atoms with Crippen LogP contribution in [0.4, 0.5) is 0 Å². The van der Waals surface area contributed by atoms with Gasteiger partial charge in [-0.15, -0.1) is 0 Å². The highest BCUT2D eigenvalue weighted by atomic mass is 32.3. The van der Waals surface area contributed by atoms with Crippen LogP contribution in [-0.4, -0.2) is 73.2 Å². The quantitative estimate of drug-likeness (QED) is 0.400. The number of fused-ring (bicyclic) bond motifs is 3. The number of hydrogen-bond acceptors (Lipinski definition) is 9. The van der Waals surface area contributed by atoms with E-state index in [9.17, 15) is 13.9 Å². The number of morpholine rings is 1. The molecular weight excluding hydrogens is 498 g/mol. The van der Waals surface area contributed by atoms with Crippen LogP contribution in [0.2, 0.25) is 0 Å². The van der Waals surface area contributed by atoms with Gasteiger partial charge in [0.1, 0.15) is 6.61 Å². The minimum absolute atomic E-state index is 0.0888. The summed E-state index contributed by atoms with van der Waals surface area (Å²) < 4.78 is 39.6. The van der Waals surface area contributed by atoms with Crippen molar-refractivity contribution in [3.63, 3.8) is 0 Å². The number of hydrogen-bond donors (Lipinski definition) is 2. The third-order valence-corrected chi connectivity index (χ3v) is 8.16. The zero-order chi connectivity index (χ0) is 25.6. The molecule has 0 radical (unpaired) electrons. The Kier molecular flexibility index (Phi) is 6.05. The van der Waals surface area contributed by atoms with Crippen LogP contribution in [0, 0.1) is 0 Å². The molecule has 12 heteroatoms. The van der Waals surface area contributed by atoms with Crippen LogP contribution in [-0.2, 0) is 21.8 Å². The maximum absolute atomic E-state index is 13.6. The summed E-state index contributed by atoms with van der Waals surface area (Å²) in [6.07, 6.45) is 0. The van der Waals surface area contributed by atoms with Crippen molar-refractivity contribution in [2.75, 3.05) is 33.4 Å². The zero-order valence-corrected chi connectivity index (χ0v) is 20.8. The Morgan fingerprint density at radius 3 is 2.76 bits per heavy atom. The fraction of sp³-hybridized carbons (Fsp3) is 0.280. The Labute approximate surface area is 214 Å². The van der Waals surface area contributed by atoms with Gasteiger partial charge in [0.15, 0.2) is 11.5 Å². The van der Waals surface area contributed by atoms with Gasteiger partial charge in [-0.3, -0.25) is 13.9 Å². The molecule has 6 rings (SSSR count). The van der Waals surface area contributed by atoms with Crippen molar-refractivity contribution < 1.29 is 27.9 Å². The van der Waals surface area contributed by atoms with Crippen molar-refractivity contribution >= 4 is 16.5 Å². The highest BCUT2D eigenvalue weighted by Crippen LogP contribution is 2.59. The maximum Gasteiger partial charge on any atom is 0.274 e. The Morgan fingerprint density at radius 1 is 1.14 bits per heavy atom. The van der Waals surface area contributed by atoms with E-state index in [0.29, 0.717) is 71.0 Å². The second-order valence-electron chi connectivity index (χ2n) is 8.80. The van der Waals surface area contributed by atoms with Gasteiger partial charge in [0.2, 0.25) is 0 Å². The summed E-state index contributed by atoms with van der Waals surface area (Å²) in [6, 6.07) is 14.5. The second-order valence-corrected chi connectivity index (χ2v) is 10.9. The van der Waals surface area contributed by atoms with Gasteiger partial charge in [-0.2, -0.15) is 20.7 Å². The molecule has 2 N–H and O–H groups in total. The summed E-state index contributed by atoms with van der Waals surface area (Å²) in [5.41, 5.74) is 3.34. The molecule has 2 aromatic heterocycles. The average Bonchev–Trinajstić information content (AvgIpc) is 3.54. The largest absolute Gasteiger partial charge is 0.378 e. The van der Waals surface area contributed by atoms with E-state index in [0.717, 1.165) is 0 Å². The summed E-state index contributed by atoms with van der Waals surface area (Å²) in [6.45, 7) is 2.02. The second kappa shape index (κ2) is 9.39. The molecule has 1 amide bonds. The standard InChI is InChI=1S/C25H25N5O6S/c1-34-14-21-26-24(36-28-21)16-5-4-6-17(13-16)30-23-18-7-2-3-8-20(18)37(32,33)15-19(23)22(27-30)25(31)29-9-11-35-12-10-29/h2-8,13,32-33H,9-12,14-15H2,1H3. The molecule has 4 heterocycles. The molecule has 2 aliphatic rings. The van der Waals surface area contributed by atoms with Crippen molar-refractivity contribution in [2.45, 2.75) is 17.3 Å². The summed E-state index contributed by atoms with van der Waals surface area (Å²) in [5, 5.41) is 8.69. The molecule has 0 aliphatic carbocycles. The van der Waals surface area contributed by atoms with E-state index in [-0.39, 0.29) is 24.0 Å². The van der Waals surface area contributed by atoms with E-state index < -0.39 is 10.6 Å². The summed E-state index contributed by atoms with van der Waals surface area (Å²) in [7, 11) is -1.60. The monoisotopic (exact) mass is 523 g/mol. The molecule has 4 aromatic rings. The number of benzene rings is 2. The topological polar surface area (TPSA) is 136 Å². The van der Waals surface area contributed by atoms with E-state index in [1.807, 2.05) is 36.4 Å². The third kappa shape index (κ3) is 4.22. The van der Waals surface area contributed by atoms with Crippen molar-refractivity contribution in [3.05, 3.63) is 65.6 Å². The zero-order valence-electron chi connectivity index (χ0n) is 20.0. The first kappa shape index (κ1) is 23.8. The Hall–Kier alpha value is -3.55. The summed E-state index contributed by atoms with van der Waals surface area (Å²) in [5.74, 6) is 0.408. The van der Waals surface area contributed by atoms with Gasteiger partial charge in [-0.05, 0) is 24.3 Å². The Balaban J connectivity index is 1.51. The van der Waals surface area contributed by atoms with Gasteiger partial charge in [0.05, 0.1) is 35.2 Å². The van der Waals surface area contributed by atoms with Gasteiger partial charge < -0.3 is 18.9 Å². The molecule has 2 aromatic carbocycles. The molecule has 1 saturated heterocycles. The predicted octanol–water partition coefficient (Wildman–Crippen LogP) is 3.83. The number of aromatic nitrogens is 4. The number of carbonyl (C=O) groups excluding carboxylic acids is 1. The van der Waals surface area contributed by atoms with Crippen LogP contribution in [0.5, 0.6) is 0 Å². The predicted molar refractivity (Wildman–Crippen MR) is 135 cm³/mol. The molecule has 192 valence electrons. The fourth-order valence-electron chi connectivity index (χ4n) is 4.69. The van der Waals surface area contributed by atoms with Crippen molar-refractivity contribution in [3.8, 4) is 28.4 Å².